The van der Waals surface area contributed by atoms with Gasteiger partial charge in [0.2, 0.25) is 0 Å². The van der Waals surface area contributed by atoms with Crippen molar-refractivity contribution in [3.63, 3.8) is 0 Å². The number of nitrogens with zero attached hydrogens (tertiary/aromatic N) is 2. The van der Waals surface area contributed by atoms with Gasteiger partial charge in [-0.3, -0.25) is 0 Å². The molecule has 1 aliphatic carbocycles. The van der Waals surface area contributed by atoms with E-state index in [-0.39, 0.29) is 0 Å². The quantitative estimate of drug-likeness (QED) is 0.591. The molecule has 0 bridgehead atoms. The standard InChI is InChI=1S/C11H19BN2/c1-14(2)10-7-11(8-10)3-5-12(9-13)6-4-11/h10H,3-8H2,1-2H3. The monoisotopic (exact) mass is 190 g/mol. The van der Waals surface area contributed by atoms with Gasteiger partial charge >= 0.3 is 0 Å². The van der Waals surface area contributed by atoms with Crippen molar-refractivity contribution >= 4 is 6.71 Å². The van der Waals surface area contributed by atoms with E-state index in [1.165, 1.54) is 25.7 Å². The van der Waals surface area contributed by atoms with Gasteiger partial charge in [0, 0.05) is 12.0 Å². The zero-order valence-electron chi connectivity index (χ0n) is 9.29. The molecule has 1 saturated heterocycles. The third kappa shape index (κ3) is 1.68. The Balaban J connectivity index is 1.83. The molecule has 0 radical (unpaired) electrons. The highest BCUT2D eigenvalue weighted by atomic mass is 15.1. The molecule has 0 aromatic rings. The summed E-state index contributed by atoms with van der Waals surface area (Å²) in [6, 6.07) is 0.814. The van der Waals surface area contributed by atoms with E-state index in [0.29, 0.717) is 12.1 Å². The SMILES string of the molecule is CN(C)C1CC2(CCB(C#N)CC2)C1. The fourth-order valence-electron chi connectivity index (χ4n) is 3.07. The highest BCUT2D eigenvalue weighted by Crippen LogP contribution is 2.53. The van der Waals surface area contributed by atoms with Crippen molar-refractivity contribution in [1.82, 2.24) is 4.90 Å². The maximum atomic E-state index is 8.83. The van der Waals surface area contributed by atoms with Crippen LogP contribution in [0.1, 0.15) is 25.7 Å². The third-order valence-electron chi connectivity index (χ3n) is 4.30. The van der Waals surface area contributed by atoms with Gasteiger partial charge < -0.3 is 4.90 Å². The Hall–Kier alpha value is -0.485. The fraction of sp³-hybridized carbons (Fsp3) is 0.909. The Kier molecular flexibility index (Phi) is 2.57. The molecule has 1 aliphatic heterocycles. The summed E-state index contributed by atoms with van der Waals surface area (Å²) in [7, 11) is 4.36. The van der Waals surface area contributed by atoms with Crippen molar-refractivity contribution in [2.45, 2.75) is 44.4 Å². The molecule has 3 heteroatoms. The van der Waals surface area contributed by atoms with Gasteiger partial charge in [-0.1, -0.05) is 25.5 Å². The van der Waals surface area contributed by atoms with E-state index in [9.17, 15) is 0 Å². The third-order valence-corrected chi connectivity index (χ3v) is 4.30. The summed E-state index contributed by atoms with van der Waals surface area (Å²) >= 11 is 0. The second kappa shape index (κ2) is 3.58. The predicted molar refractivity (Wildman–Crippen MR) is 59.4 cm³/mol. The van der Waals surface area contributed by atoms with Crippen LogP contribution in [0, 0.1) is 16.6 Å². The maximum absolute atomic E-state index is 8.83. The minimum absolute atomic E-state index is 0.360. The molecule has 1 spiro atoms. The van der Waals surface area contributed by atoms with E-state index in [1.807, 2.05) is 0 Å². The van der Waals surface area contributed by atoms with Crippen LogP contribution in [0.2, 0.25) is 12.6 Å². The van der Waals surface area contributed by atoms with E-state index in [1.54, 1.807) is 0 Å². The van der Waals surface area contributed by atoms with Gasteiger partial charge in [0.05, 0.1) is 0 Å². The Morgan fingerprint density at radius 3 is 2.29 bits per heavy atom. The molecule has 14 heavy (non-hydrogen) atoms. The molecule has 0 aromatic heterocycles. The zero-order valence-corrected chi connectivity index (χ0v) is 9.29. The lowest BCUT2D eigenvalue weighted by Crippen LogP contribution is -2.50. The molecule has 2 rings (SSSR count). The number of nitriles is 1. The average molecular weight is 190 g/mol. The van der Waals surface area contributed by atoms with Crippen LogP contribution in [0.15, 0.2) is 0 Å². The molecule has 0 aromatic carbocycles. The first kappa shape index (κ1) is 10.0. The summed E-state index contributed by atoms with van der Waals surface area (Å²) in [6.45, 7) is 0.360. The molecule has 1 saturated carbocycles. The van der Waals surface area contributed by atoms with Crippen molar-refractivity contribution in [2.24, 2.45) is 5.41 Å². The molecule has 0 unspecified atom stereocenters. The normalized spacial score (nSPS) is 26.3. The van der Waals surface area contributed by atoms with E-state index in [0.717, 1.165) is 18.7 Å². The fourth-order valence-corrected chi connectivity index (χ4v) is 3.07. The van der Waals surface area contributed by atoms with E-state index < -0.39 is 0 Å². The zero-order chi connectivity index (χ0) is 10.2. The van der Waals surface area contributed by atoms with Gasteiger partial charge in [-0.25, -0.2) is 5.26 Å². The average Bonchev–Trinajstić information content (AvgIpc) is 2.14. The van der Waals surface area contributed by atoms with Crippen molar-refractivity contribution in [3.8, 4) is 5.97 Å². The lowest BCUT2D eigenvalue weighted by molar-refractivity contribution is 0.0148. The van der Waals surface area contributed by atoms with Gasteiger partial charge in [0.25, 0.3) is 6.71 Å². The summed E-state index contributed by atoms with van der Waals surface area (Å²) in [4.78, 5) is 2.35. The highest BCUT2D eigenvalue weighted by Gasteiger charge is 2.47. The topological polar surface area (TPSA) is 27.0 Å². The minimum Gasteiger partial charge on any atom is -0.306 e. The summed E-state index contributed by atoms with van der Waals surface area (Å²) in [6.07, 6.45) is 7.65. The second-order valence-electron chi connectivity index (χ2n) is 5.43. The molecule has 2 fully saturated rings. The number of hydrogen-bond donors (Lipinski definition) is 0. The first-order valence-electron chi connectivity index (χ1n) is 5.71. The molecule has 2 nitrogen and oxygen atoms in total. The Bertz CT molecular complexity index is 241. The van der Waals surface area contributed by atoms with Gasteiger partial charge in [-0.2, -0.15) is 0 Å². The van der Waals surface area contributed by atoms with Crippen LogP contribution in [0.25, 0.3) is 0 Å². The van der Waals surface area contributed by atoms with Crippen LogP contribution in [0.5, 0.6) is 0 Å². The molecule has 0 amide bonds. The maximum Gasteiger partial charge on any atom is 0.267 e. The summed E-state index contributed by atoms with van der Waals surface area (Å²) in [5, 5.41) is 8.83. The molecule has 0 atom stereocenters. The van der Waals surface area contributed by atoms with Crippen molar-refractivity contribution < 1.29 is 0 Å². The first-order valence-corrected chi connectivity index (χ1v) is 5.71. The van der Waals surface area contributed by atoms with Crippen molar-refractivity contribution in [3.05, 3.63) is 0 Å². The Morgan fingerprint density at radius 2 is 1.86 bits per heavy atom. The highest BCUT2D eigenvalue weighted by molar-refractivity contribution is 6.67. The van der Waals surface area contributed by atoms with Crippen LogP contribution >= 0.6 is 0 Å². The summed E-state index contributed by atoms with van der Waals surface area (Å²) in [5.74, 6) is 2.41. The smallest absolute Gasteiger partial charge is 0.267 e. The van der Waals surface area contributed by atoms with Gasteiger partial charge in [-0.05, 0) is 32.4 Å². The van der Waals surface area contributed by atoms with E-state index >= 15 is 0 Å². The second-order valence-corrected chi connectivity index (χ2v) is 5.43. The Labute approximate surface area is 87.4 Å². The van der Waals surface area contributed by atoms with Crippen LogP contribution < -0.4 is 0 Å². The van der Waals surface area contributed by atoms with Crippen LogP contribution in [0.4, 0.5) is 0 Å². The lowest BCUT2D eigenvalue weighted by Gasteiger charge is -2.53. The largest absolute Gasteiger partial charge is 0.306 e. The predicted octanol–water partition coefficient (Wildman–Crippen LogP) is 2.05. The van der Waals surface area contributed by atoms with E-state index in [2.05, 4.69) is 25.0 Å². The van der Waals surface area contributed by atoms with E-state index in [4.69, 9.17) is 5.26 Å². The molecule has 76 valence electrons. The molecule has 1 heterocycles. The van der Waals surface area contributed by atoms with Gasteiger partial charge in [-0.15, -0.1) is 0 Å². The number of hydrogen-bond acceptors (Lipinski definition) is 2. The lowest BCUT2D eigenvalue weighted by atomic mass is 9.37. The van der Waals surface area contributed by atoms with Crippen molar-refractivity contribution in [2.75, 3.05) is 14.1 Å². The summed E-state index contributed by atoms with van der Waals surface area (Å²) in [5.41, 5.74) is 0.641. The van der Waals surface area contributed by atoms with Crippen LogP contribution in [0.3, 0.4) is 0 Å². The Morgan fingerprint density at radius 1 is 1.29 bits per heavy atom. The molecular weight excluding hydrogens is 171 g/mol. The van der Waals surface area contributed by atoms with Crippen LogP contribution in [-0.4, -0.2) is 31.7 Å². The van der Waals surface area contributed by atoms with Gasteiger partial charge in [0.15, 0.2) is 0 Å². The van der Waals surface area contributed by atoms with Gasteiger partial charge in [0.1, 0.15) is 0 Å². The first-order chi connectivity index (χ1) is 6.65. The summed E-state index contributed by atoms with van der Waals surface area (Å²) < 4.78 is 0. The molecule has 0 N–H and O–H groups in total. The minimum atomic E-state index is 0.360. The van der Waals surface area contributed by atoms with Crippen molar-refractivity contribution in [1.29, 1.82) is 5.26 Å². The number of rotatable bonds is 1. The molecule has 2 aliphatic rings. The molecular formula is C11H19BN2. The van der Waals surface area contributed by atoms with Crippen LogP contribution in [-0.2, 0) is 0 Å².